The molecule has 0 bridgehead atoms. The molecule has 0 aromatic carbocycles. The van der Waals surface area contributed by atoms with Crippen molar-refractivity contribution in [2.24, 2.45) is 5.92 Å². The van der Waals surface area contributed by atoms with Gasteiger partial charge in [-0.3, -0.25) is 9.36 Å². The van der Waals surface area contributed by atoms with Gasteiger partial charge in [-0.25, -0.2) is 9.78 Å². The number of carbonyl (C=O) groups is 2. The van der Waals surface area contributed by atoms with Crippen LogP contribution in [0.5, 0.6) is 0 Å². The lowest BCUT2D eigenvalue weighted by Gasteiger charge is -2.33. The van der Waals surface area contributed by atoms with Crippen molar-refractivity contribution in [3.05, 3.63) is 18.7 Å². The maximum Gasteiger partial charge on any atom is 0.327 e. The third kappa shape index (κ3) is 3.33. The molecule has 0 aliphatic carbocycles. The van der Waals surface area contributed by atoms with E-state index in [9.17, 15) is 9.59 Å². The summed E-state index contributed by atoms with van der Waals surface area (Å²) >= 11 is 0. The fraction of sp³-hybridized carbons (Fsp3) is 0.615. The standard InChI is InChI=1S/C13H20N4O2/c1-10(2)12(18)16-6-3-11(4-7-16)15-13(19)17-8-5-14-9-17/h5,8-11H,3-4,6-7H2,1-2H3,(H,15,19). The van der Waals surface area contributed by atoms with Crippen LogP contribution in [0.2, 0.25) is 0 Å². The molecule has 0 spiro atoms. The van der Waals surface area contributed by atoms with E-state index in [1.807, 2.05) is 18.7 Å². The van der Waals surface area contributed by atoms with E-state index in [2.05, 4.69) is 10.3 Å². The van der Waals surface area contributed by atoms with Crippen LogP contribution in [0.4, 0.5) is 4.79 Å². The Morgan fingerprint density at radius 1 is 1.32 bits per heavy atom. The molecule has 2 heterocycles. The average molecular weight is 264 g/mol. The van der Waals surface area contributed by atoms with E-state index in [-0.39, 0.29) is 23.9 Å². The molecule has 1 aromatic heterocycles. The van der Waals surface area contributed by atoms with Crippen molar-refractivity contribution in [3.8, 4) is 0 Å². The molecule has 0 unspecified atom stereocenters. The molecule has 1 saturated heterocycles. The third-order valence-corrected chi connectivity index (χ3v) is 3.37. The Labute approximate surface area is 112 Å². The van der Waals surface area contributed by atoms with Gasteiger partial charge in [0.1, 0.15) is 6.33 Å². The predicted molar refractivity (Wildman–Crippen MR) is 70.6 cm³/mol. The summed E-state index contributed by atoms with van der Waals surface area (Å²) < 4.78 is 1.42. The number of aromatic nitrogens is 2. The Morgan fingerprint density at radius 3 is 2.53 bits per heavy atom. The highest BCUT2D eigenvalue weighted by molar-refractivity contribution is 5.78. The molecule has 1 fully saturated rings. The van der Waals surface area contributed by atoms with Crippen LogP contribution < -0.4 is 5.32 Å². The molecule has 2 amide bonds. The lowest BCUT2D eigenvalue weighted by atomic mass is 10.0. The number of amides is 2. The number of imidazole rings is 1. The number of piperidine rings is 1. The second-order valence-electron chi connectivity index (χ2n) is 5.17. The number of nitrogens with zero attached hydrogens (tertiary/aromatic N) is 3. The summed E-state index contributed by atoms with van der Waals surface area (Å²) in [5.74, 6) is 0.233. The number of nitrogens with one attached hydrogen (secondary N) is 1. The number of carbonyl (C=O) groups excluding carboxylic acids is 2. The average Bonchev–Trinajstić information content (AvgIpc) is 2.92. The van der Waals surface area contributed by atoms with E-state index in [1.54, 1.807) is 12.4 Å². The van der Waals surface area contributed by atoms with Gasteiger partial charge in [0.05, 0.1) is 0 Å². The van der Waals surface area contributed by atoms with E-state index in [0.717, 1.165) is 12.8 Å². The van der Waals surface area contributed by atoms with Crippen molar-refractivity contribution >= 4 is 11.9 Å². The maximum absolute atomic E-state index is 11.8. The molecule has 1 aromatic rings. The van der Waals surface area contributed by atoms with Gasteiger partial charge < -0.3 is 10.2 Å². The van der Waals surface area contributed by atoms with Gasteiger partial charge in [0.2, 0.25) is 5.91 Å². The van der Waals surface area contributed by atoms with Crippen LogP contribution in [-0.2, 0) is 4.79 Å². The van der Waals surface area contributed by atoms with Gasteiger partial charge in [-0.2, -0.15) is 0 Å². The Bertz CT molecular complexity index is 434. The van der Waals surface area contributed by atoms with Crippen LogP contribution >= 0.6 is 0 Å². The molecule has 0 atom stereocenters. The second-order valence-corrected chi connectivity index (χ2v) is 5.17. The summed E-state index contributed by atoms with van der Waals surface area (Å²) in [6.07, 6.45) is 6.28. The first kappa shape index (κ1) is 13.6. The normalized spacial score (nSPS) is 16.7. The Balaban J connectivity index is 1.81. The van der Waals surface area contributed by atoms with Crippen molar-refractivity contribution < 1.29 is 9.59 Å². The molecular formula is C13H20N4O2. The Morgan fingerprint density at radius 2 is 2.00 bits per heavy atom. The zero-order valence-electron chi connectivity index (χ0n) is 11.4. The summed E-state index contributed by atoms with van der Waals surface area (Å²) in [5, 5.41) is 2.96. The number of likely N-dealkylation sites (tertiary alicyclic amines) is 1. The number of hydrogen-bond acceptors (Lipinski definition) is 3. The highest BCUT2D eigenvalue weighted by Gasteiger charge is 2.25. The minimum Gasteiger partial charge on any atom is -0.342 e. The van der Waals surface area contributed by atoms with Crippen molar-refractivity contribution in [2.45, 2.75) is 32.7 Å². The van der Waals surface area contributed by atoms with Crippen LogP contribution in [0, 0.1) is 5.92 Å². The predicted octanol–water partition coefficient (Wildman–Crippen LogP) is 1.09. The Kier molecular flexibility index (Phi) is 4.19. The van der Waals surface area contributed by atoms with E-state index in [1.165, 1.54) is 10.9 Å². The van der Waals surface area contributed by atoms with Crippen LogP contribution in [0.15, 0.2) is 18.7 Å². The largest absolute Gasteiger partial charge is 0.342 e. The van der Waals surface area contributed by atoms with Crippen molar-refractivity contribution in [1.29, 1.82) is 0 Å². The highest BCUT2D eigenvalue weighted by Crippen LogP contribution is 2.13. The fourth-order valence-electron chi connectivity index (χ4n) is 2.24. The molecule has 6 heteroatoms. The minimum absolute atomic E-state index is 0.0390. The lowest BCUT2D eigenvalue weighted by Crippen LogP contribution is -2.48. The van der Waals surface area contributed by atoms with Crippen LogP contribution in [-0.4, -0.2) is 45.5 Å². The molecule has 1 aliphatic heterocycles. The third-order valence-electron chi connectivity index (χ3n) is 3.37. The first-order valence-corrected chi connectivity index (χ1v) is 6.65. The molecule has 1 N–H and O–H groups in total. The molecular weight excluding hydrogens is 244 g/mol. The summed E-state index contributed by atoms with van der Waals surface area (Å²) in [6, 6.07) is -0.0303. The first-order chi connectivity index (χ1) is 9.08. The molecule has 104 valence electrons. The zero-order chi connectivity index (χ0) is 13.8. The monoisotopic (exact) mass is 264 g/mol. The van der Waals surface area contributed by atoms with Crippen LogP contribution in [0.3, 0.4) is 0 Å². The molecule has 1 aliphatic rings. The molecule has 6 nitrogen and oxygen atoms in total. The van der Waals surface area contributed by atoms with Gasteiger partial charge in [-0.15, -0.1) is 0 Å². The summed E-state index contributed by atoms with van der Waals surface area (Å²) in [4.78, 5) is 29.4. The SMILES string of the molecule is CC(C)C(=O)N1CCC(NC(=O)n2ccnc2)CC1. The van der Waals surface area contributed by atoms with Gasteiger partial charge in [-0.1, -0.05) is 13.8 Å². The summed E-state index contributed by atoms with van der Waals surface area (Å²) in [7, 11) is 0. The lowest BCUT2D eigenvalue weighted by molar-refractivity contribution is -0.135. The molecule has 19 heavy (non-hydrogen) atoms. The van der Waals surface area contributed by atoms with Crippen LogP contribution in [0.25, 0.3) is 0 Å². The van der Waals surface area contributed by atoms with Gasteiger partial charge in [0.25, 0.3) is 0 Å². The quantitative estimate of drug-likeness (QED) is 0.869. The van der Waals surface area contributed by atoms with Crippen molar-refractivity contribution in [3.63, 3.8) is 0 Å². The highest BCUT2D eigenvalue weighted by atomic mass is 16.2. The Hall–Kier alpha value is -1.85. The van der Waals surface area contributed by atoms with Gasteiger partial charge in [0, 0.05) is 37.4 Å². The van der Waals surface area contributed by atoms with Gasteiger partial charge in [0.15, 0.2) is 0 Å². The second kappa shape index (κ2) is 5.86. The van der Waals surface area contributed by atoms with E-state index in [0.29, 0.717) is 13.1 Å². The minimum atomic E-state index is -0.161. The van der Waals surface area contributed by atoms with E-state index >= 15 is 0 Å². The topological polar surface area (TPSA) is 67.2 Å². The smallest absolute Gasteiger partial charge is 0.327 e. The van der Waals surface area contributed by atoms with Crippen molar-refractivity contribution in [2.75, 3.05) is 13.1 Å². The van der Waals surface area contributed by atoms with Crippen molar-refractivity contribution in [1.82, 2.24) is 19.8 Å². The fourth-order valence-corrected chi connectivity index (χ4v) is 2.24. The summed E-state index contributed by atoms with van der Waals surface area (Å²) in [5.41, 5.74) is 0. The molecule has 0 saturated carbocycles. The number of hydrogen-bond donors (Lipinski definition) is 1. The maximum atomic E-state index is 11.8. The van der Waals surface area contributed by atoms with Gasteiger partial charge >= 0.3 is 6.03 Å². The molecule has 0 radical (unpaired) electrons. The van der Waals surface area contributed by atoms with E-state index < -0.39 is 0 Å². The van der Waals surface area contributed by atoms with E-state index in [4.69, 9.17) is 0 Å². The van der Waals surface area contributed by atoms with Gasteiger partial charge in [-0.05, 0) is 12.8 Å². The van der Waals surface area contributed by atoms with Crippen LogP contribution in [0.1, 0.15) is 26.7 Å². The number of rotatable bonds is 2. The zero-order valence-corrected chi connectivity index (χ0v) is 11.4. The molecule has 2 rings (SSSR count). The summed E-state index contributed by atoms with van der Waals surface area (Å²) in [6.45, 7) is 5.25. The first-order valence-electron chi connectivity index (χ1n) is 6.65.